The molecule has 2 unspecified atom stereocenters. The molecule has 0 saturated carbocycles. The van der Waals surface area contributed by atoms with Gasteiger partial charge in [-0.3, -0.25) is 4.79 Å². The third-order valence-corrected chi connectivity index (χ3v) is 3.04. The third-order valence-electron chi connectivity index (χ3n) is 3.04. The van der Waals surface area contributed by atoms with E-state index in [1.54, 1.807) is 24.3 Å². The molecule has 2 aromatic carbocycles. The van der Waals surface area contributed by atoms with E-state index < -0.39 is 18.8 Å². The number of aliphatic hydroxyl groups is 2. The number of benzene rings is 2. The van der Waals surface area contributed by atoms with Crippen LogP contribution in [0.4, 0.5) is 0 Å². The van der Waals surface area contributed by atoms with Crippen LogP contribution in [0.3, 0.4) is 0 Å². The van der Waals surface area contributed by atoms with E-state index >= 15 is 0 Å². The zero-order chi connectivity index (χ0) is 15.1. The molecule has 0 fully saturated rings. The van der Waals surface area contributed by atoms with Crippen molar-refractivity contribution >= 4 is 5.78 Å². The topological polar surface area (TPSA) is 66.8 Å². The smallest absolute Gasteiger partial charge is 0.182 e. The van der Waals surface area contributed by atoms with Crippen LogP contribution in [-0.2, 0) is 4.79 Å². The fourth-order valence-corrected chi connectivity index (χ4v) is 1.99. The SMILES string of the molecule is O=C(CC(O)CO)C(Oc1ccccc1)c1ccccc1. The van der Waals surface area contributed by atoms with E-state index in [0.717, 1.165) is 5.56 Å². The van der Waals surface area contributed by atoms with Crippen LogP contribution in [0, 0.1) is 0 Å². The van der Waals surface area contributed by atoms with Crippen molar-refractivity contribution in [3.63, 3.8) is 0 Å². The van der Waals surface area contributed by atoms with E-state index in [2.05, 4.69) is 0 Å². The van der Waals surface area contributed by atoms with Crippen molar-refractivity contribution in [1.29, 1.82) is 0 Å². The molecule has 0 heterocycles. The minimum absolute atomic E-state index is 0.150. The summed E-state index contributed by atoms with van der Waals surface area (Å²) in [5.41, 5.74) is 0.719. The lowest BCUT2D eigenvalue weighted by atomic mass is 10.0. The lowest BCUT2D eigenvalue weighted by molar-refractivity contribution is -0.128. The van der Waals surface area contributed by atoms with Crippen LogP contribution in [-0.4, -0.2) is 28.7 Å². The number of carbonyl (C=O) groups excluding carboxylic acids is 1. The normalized spacial score (nSPS) is 13.4. The Hall–Kier alpha value is -2.17. The van der Waals surface area contributed by atoms with Gasteiger partial charge in [0.25, 0.3) is 0 Å². The third kappa shape index (κ3) is 4.41. The van der Waals surface area contributed by atoms with Gasteiger partial charge in [0.2, 0.25) is 0 Å². The lowest BCUT2D eigenvalue weighted by Gasteiger charge is -2.19. The molecular weight excluding hydrogens is 268 g/mol. The maximum atomic E-state index is 12.3. The van der Waals surface area contributed by atoms with Gasteiger partial charge in [0.15, 0.2) is 11.9 Å². The molecule has 2 rings (SSSR count). The Labute approximate surface area is 123 Å². The van der Waals surface area contributed by atoms with Gasteiger partial charge in [-0.25, -0.2) is 0 Å². The van der Waals surface area contributed by atoms with Crippen molar-refractivity contribution in [3.8, 4) is 5.75 Å². The number of ketones is 1. The summed E-state index contributed by atoms with van der Waals surface area (Å²) in [5, 5.41) is 18.3. The summed E-state index contributed by atoms with van der Waals surface area (Å²) in [6, 6.07) is 18.2. The molecule has 110 valence electrons. The molecule has 4 nitrogen and oxygen atoms in total. The van der Waals surface area contributed by atoms with Gasteiger partial charge in [-0.05, 0) is 17.7 Å². The van der Waals surface area contributed by atoms with Crippen molar-refractivity contribution < 1.29 is 19.7 Å². The molecule has 2 aromatic rings. The van der Waals surface area contributed by atoms with Crippen LogP contribution >= 0.6 is 0 Å². The maximum Gasteiger partial charge on any atom is 0.182 e. The molecule has 0 aliphatic carbocycles. The van der Waals surface area contributed by atoms with Gasteiger partial charge in [-0.1, -0.05) is 48.5 Å². The minimum atomic E-state index is -1.07. The zero-order valence-corrected chi connectivity index (χ0v) is 11.6. The second-order valence-corrected chi connectivity index (χ2v) is 4.73. The largest absolute Gasteiger partial charge is 0.478 e. The lowest BCUT2D eigenvalue weighted by Crippen LogP contribution is -2.25. The number of hydrogen-bond acceptors (Lipinski definition) is 4. The Kier molecular flexibility index (Phi) is 5.49. The molecule has 2 N–H and O–H groups in total. The number of Topliss-reactive ketones (excluding diaryl/α,β-unsaturated/α-hetero) is 1. The van der Waals surface area contributed by atoms with E-state index in [0.29, 0.717) is 5.75 Å². The van der Waals surface area contributed by atoms with Crippen molar-refractivity contribution in [1.82, 2.24) is 0 Å². The fourth-order valence-electron chi connectivity index (χ4n) is 1.99. The van der Waals surface area contributed by atoms with Gasteiger partial charge in [-0.15, -0.1) is 0 Å². The van der Waals surface area contributed by atoms with E-state index in [1.165, 1.54) is 0 Å². The van der Waals surface area contributed by atoms with Crippen LogP contribution in [0.5, 0.6) is 5.75 Å². The first kappa shape index (κ1) is 15.2. The molecule has 2 atom stereocenters. The molecule has 0 aliphatic heterocycles. The van der Waals surface area contributed by atoms with Gasteiger partial charge in [0.1, 0.15) is 5.75 Å². The zero-order valence-electron chi connectivity index (χ0n) is 11.6. The van der Waals surface area contributed by atoms with Gasteiger partial charge < -0.3 is 14.9 Å². The second-order valence-electron chi connectivity index (χ2n) is 4.73. The molecule has 0 bridgehead atoms. The van der Waals surface area contributed by atoms with Gasteiger partial charge >= 0.3 is 0 Å². The van der Waals surface area contributed by atoms with E-state index in [9.17, 15) is 9.90 Å². The highest BCUT2D eigenvalue weighted by Gasteiger charge is 2.24. The summed E-state index contributed by atoms with van der Waals surface area (Å²) < 4.78 is 5.77. The number of hydrogen-bond donors (Lipinski definition) is 2. The number of ether oxygens (including phenoxy) is 1. The van der Waals surface area contributed by atoms with Crippen molar-refractivity contribution in [2.75, 3.05) is 6.61 Å². The summed E-state index contributed by atoms with van der Waals surface area (Å²) >= 11 is 0. The number of aliphatic hydroxyl groups excluding tert-OH is 2. The number of para-hydroxylation sites is 1. The van der Waals surface area contributed by atoms with E-state index in [4.69, 9.17) is 9.84 Å². The minimum Gasteiger partial charge on any atom is -0.478 e. The van der Waals surface area contributed by atoms with Crippen molar-refractivity contribution in [2.45, 2.75) is 18.6 Å². The average molecular weight is 286 g/mol. The summed E-state index contributed by atoms with van der Waals surface area (Å²) in [4.78, 5) is 12.3. The second kappa shape index (κ2) is 7.57. The summed E-state index contributed by atoms with van der Waals surface area (Å²) in [5.74, 6) is 0.310. The Morgan fingerprint density at radius 1 is 1.00 bits per heavy atom. The van der Waals surface area contributed by atoms with E-state index in [1.807, 2.05) is 36.4 Å². The van der Waals surface area contributed by atoms with Crippen LogP contribution in [0.15, 0.2) is 60.7 Å². The van der Waals surface area contributed by atoms with Crippen molar-refractivity contribution in [3.05, 3.63) is 66.2 Å². The molecule has 4 heteroatoms. The molecule has 0 aromatic heterocycles. The average Bonchev–Trinajstić information content (AvgIpc) is 2.54. The van der Waals surface area contributed by atoms with Crippen LogP contribution in [0.2, 0.25) is 0 Å². The first-order chi connectivity index (χ1) is 10.2. The summed E-state index contributed by atoms with van der Waals surface area (Å²) in [6.45, 7) is -0.446. The van der Waals surface area contributed by atoms with Crippen molar-refractivity contribution in [2.24, 2.45) is 0 Å². The molecule has 0 spiro atoms. The Balaban J connectivity index is 2.20. The molecule has 0 amide bonds. The Bertz CT molecular complexity index is 554. The molecular formula is C17H18O4. The highest BCUT2D eigenvalue weighted by Crippen LogP contribution is 2.24. The predicted octanol–water partition coefficient (Wildman–Crippen LogP) is 2.12. The van der Waals surface area contributed by atoms with Crippen LogP contribution in [0.25, 0.3) is 0 Å². The van der Waals surface area contributed by atoms with Crippen LogP contribution < -0.4 is 4.74 Å². The first-order valence-corrected chi connectivity index (χ1v) is 6.79. The number of carbonyl (C=O) groups is 1. The molecule has 0 radical (unpaired) electrons. The van der Waals surface area contributed by atoms with Gasteiger partial charge in [0.05, 0.1) is 12.7 Å². The fraction of sp³-hybridized carbons (Fsp3) is 0.235. The standard InChI is InChI=1S/C17H18O4/c18-12-14(19)11-16(20)17(13-7-3-1-4-8-13)21-15-9-5-2-6-10-15/h1-10,14,17-19H,11-12H2. The Morgan fingerprint density at radius 2 is 1.57 bits per heavy atom. The first-order valence-electron chi connectivity index (χ1n) is 6.79. The van der Waals surface area contributed by atoms with Crippen LogP contribution in [0.1, 0.15) is 18.1 Å². The molecule has 0 saturated heterocycles. The van der Waals surface area contributed by atoms with Gasteiger partial charge in [-0.2, -0.15) is 0 Å². The maximum absolute atomic E-state index is 12.3. The summed E-state index contributed by atoms with van der Waals surface area (Å²) in [7, 11) is 0. The highest BCUT2D eigenvalue weighted by molar-refractivity contribution is 5.85. The van der Waals surface area contributed by atoms with E-state index in [-0.39, 0.29) is 12.2 Å². The quantitative estimate of drug-likeness (QED) is 0.818. The monoisotopic (exact) mass is 286 g/mol. The predicted molar refractivity (Wildman–Crippen MR) is 79.0 cm³/mol. The Morgan fingerprint density at radius 3 is 2.14 bits per heavy atom. The van der Waals surface area contributed by atoms with Gasteiger partial charge in [0, 0.05) is 6.42 Å². The molecule has 0 aliphatic rings. The highest BCUT2D eigenvalue weighted by atomic mass is 16.5. The molecule has 21 heavy (non-hydrogen) atoms. The number of rotatable bonds is 7. The summed E-state index contributed by atoms with van der Waals surface area (Å²) in [6.07, 6.45) is -2.01.